The Kier molecular flexibility index (Phi) is 7.32. The number of imidazole rings is 1. The highest BCUT2D eigenvalue weighted by Gasteiger charge is 2.18. The van der Waals surface area contributed by atoms with Crippen LogP contribution < -0.4 is 5.56 Å². The highest BCUT2D eigenvalue weighted by molar-refractivity contribution is 5.75. The lowest BCUT2D eigenvalue weighted by molar-refractivity contribution is -0.385. The maximum Gasteiger partial charge on any atom is 0.277 e. The van der Waals surface area contributed by atoms with Gasteiger partial charge in [0.1, 0.15) is 11.3 Å². The molecule has 5 aromatic rings. The number of rotatable bonds is 9. The third-order valence-corrected chi connectivity index (χ3v) is 6.89. The van der Waals surface area contributed by atoms with E-state index < -0.39 is 4.92 Å². The summed E-state index contributed by atoms with van der Waals surface area (Å²) in [4.78, 5) is 29.6. The Labute approximate surface area is 225 Å². The number of aromatic nitrogens is 3. The van der Waals surface area contributed by atoms with Crippen LogP contribution in [-0.2, 0) is 19.5 Å². The van der Waals surface area contributed by atoms with Crippen LogP contribution in [0, 0.1) is 21.4 Å². The predicted molar refractivity (Wildman–Crippen MR) is 150 cm³/mol. The summed E-state index contributed by atoms with van der Waals surface area (Å²) in [5.74, 6) is 0.839. The van der Waals surface area contributed by atoms with Crippen LogP contribution in [0.2, 0.25) is 0 Å². The van der Waals surface area contributed by atoms with Gasteiger partial charge in [0.15, 0.2) is 0 Å². The second-order valence-corrected chi connectivity index (χ2v) is 9.44. The molecule has 0 aliphatic heterocycles. The first kappa shape index (κ1) is 25.6. The van der Waals surface area contributed by atoms with Crippen LogP contribution in [0.15, 0.2) is 89.9 Å². The Morgan fingerprint density at radius 3 is 2.46 bits per heavy atom. The van der Waals surface area contributed by atoms with E-state index in [1.54, 1.807) is 36.5 Å². The first-order valence-electron chi connectivity index (χ1n) is 12.9. The molecule has 8 nitrogen and oxygen atoms in total. The van der Waals surface area contributed by atoms with Crippen molar-refractivity contribution >= 4 is 16.7 Å². The number of fused-ring (bicyclic) bond motifs is 1. The fraction of sp³-hybridized carbons (Fsp3) is 0.194. The molecule has 0 N–H and O–H groups in total. The van der Waals surface area contributed by atoms with E-state index in [2.05, 4.69) is 13.0 Å². The first-order valence-corrected chi connectivity index (χ1v) is 12.9. The summed E-state index contributed by atoms with van der Waals surface area (Å²) in [6.07, 6.45) is 4.34. The van der Waals surface area contributed by atoms with E-state index in [4.69, 9.17) is 4.98 Å². The van der Waals surface area contributed by atoms with E-state index >= 15 is 0 Å². The molecule has 0 saturated heterocycles. The first-order chi connectivity index (χ1) is 19.0. The predicted octanol–water partition coefficient (Wildman–Crippen LogP) is 6.08. The zero-order valence-corrected chi connectivity index (χ0v) is 21.6. The average Bonchev–Trinajstić information content (AvgIpc) is 3.31. The highest BCUT2D eigenvalue weighted by Crippen LogP contribution is 2.25. The van der Waals surface area contributed by atoms with E-state index in [0.29, 0.717) is 28.7 Å². The Bertz CT molecular complexity index is 1760. The van der Waals surface area contributed by atoms with Gasteiger partial charge in [0.05, 0.1) is 28.6 Å². The average molecular weight is 518 g/mol. The van der Waals surface area contributed by atoms with Crippen LogP contribution in [0.5, 0.6) is 0 Å². The Balaban J connectivity index is 1.54. The lowest BCUT2D eigenvalue weighted by Crippen LogP contribution is -2.23. The van der Waals surface area contributed by atoms with Gasteiger partial charge in [0.2, 0.25) is 0 Å². The molecule has 0 bridgehead atoms. The van der Waals surface area contributed by atoms with Gasteiger partial charge in [-0.2, -0.15) is 5.26 Å². The van der Waals surface area contributed by atoms with Gasteiger partial charge >= 0.3 is 0 Å². The summed E-state index contributed by atoms with van der Waals surface area (Å²) in [6.45, 7) is 2.67. The molecule has 0 saturated carbocycles. The third kappa shape index (κ3) is 5.20. The van der Waals surface area contributed by atoms with Gasteiger partial charge in [-0.05, 0) is 35.2 Å². The molecule has 39 heavy (non-hydrogen) atoms. The molecule has 0 atom stereocenters. The van der Waals surface area contributed by atoms with E-state index in [1.807, 2.05) is 47.0 Å². The minimum absolute atomic E-state index is 0.0142. The smallest absolute Gasteiger partial charge is 0.277 e. The number of benzene rings is 3. The molecule has 5 rings (SSSR count). The molecule has 0 aliphatic rings. The van der Waals surface area contributed by atoms with Crippen LogP contribution in [0.4, 0.5) is 5.69 Å². The molecule has 0 aliphatic carbocycles. The monoisotopic (exact) mass is 517 g/mol. The summed E-state index contributed by atoms with van der Waals surface area (Å²) in [6, 6.07) is 26.0. The number of nitro groups is 1. The molecule has 194 valence electrons. The van der Waals surface area contributed by atoms with Crippen molar-refractivity contribution in [1.82, 2.24) is 14.1 Å². The van der Waals surface area contributed by atoms with Crippen LogP contribution in [0.25, 0.3) is 22.2 Å². The van der Waals surface area contributed by atoms with E-state index in [1.165, 1.54) is 10.6 Å². The van der Waals surface area contributed by atoms with Gasteiger partial charge in [-0.1, -0.05) is 74.0 Å². The number of pyridine rings is 1. The van der Waals surface area contributed by atoms with Gasteiger partial charge in [0, 0.05) is 30.8 Å². The number of unbranched alkanes of at least 4 members (excludes halogenated alkanes) is 1. The van der Waals surface area contributed by atoms with Gasteiger partial charge in [-0.25, -0.2) is 4.98 Å². The second kappa shape index (κ2) is 11.2. The zero-order valence-electron chi connectivity index (χ0n) is 21.6. The largest absolute Gasteiger partial charge is 0.319 e. The Morgan fingerprint density at radius 2 is 1.72 bits per heavy atom. The van der Waals surface area contributed by atoms with Crippen LogP contribution in [0.3, 0.4) is 0 Å². The molecular weight excluding hydrogens is 490 g/mol. The van der Waals surface area contributed by atoms with Crippen molar-refractivity contribution in [3.05, 3.63) is 128 Å². The third-order valence-electron chi connectivity index (χ3n) is 6.89. The summed E-state index contributed by atoms with van der Waals surface area (Å²) >= 11 is 0. The van der Waals surface area contributed by atoms with E-state index in [9.17, 15) is 20.2 Å². The fourth-order valence-corrected chi connectivity index (χ4v) is 4.86. The number of nitro benzene ring substituents is 1. The van der Waals surface area contributed by atoms with Gasteiger partial charge < -0.3 is 9.13 Å². The summed E-state index contributed by atoms with van der Waals surface area (Å²) in [5, 5.41) is 21.0. The Hall–Kier alpha value is -5.03. The molecule has 0 fully saturated rings. The van der Waals surface area contributed by atoms with Crippen molar-refractivity contribution in [1.29, 1.82) is 5.26 Å². The minimum atomic E-state index is -0.426. The van der Waals surface area contributed by atoms with Crippen LogP contribution in [0.1, 0.15) is 42.3 Å². The number of nitrogens with zero attached hydrogens (tertiary/aromatic N) is 5. The highest BCUT2D eigenvalue weighted by atomic mass is 16.6. The maximum atomic E-state index is 13.7. The standard InChI is InChI=1S/C31H27N5O3/c1-2-3-12-29-33-27-17-18-34(21-25-9-5-7-11-28(25)36(38)39)31(37)30(27)35(29)20-22-13-15-23(16-14-22)26-10-6-4-8-24(26)19-32/h4-11,13-18H,2-3,12,20-21H2,1H3. The van der Waals surface area contributed by atoms with Gasteiger partial charge in [-0.15, -0.1) is 0 Å². The summed E-state index contributed by atoms with van der Waals surface area (Å²) < 4.78 is 3.48. The number of hydrogen-bond acceptors (Lipinski definition) is 5. The zero-order chi connectivity index (χ0) is 27.4. The molecule has 2 aromatic heterocycles. The maximum absolute atomic E-state index is 13.7. The molecule has 2 heterocycles. The minimum Gasteiger partial charge on any atom is -0.319 e. The fourth-order valence-electron chi connectivity index (χ4n) is 4.86. The lowest BCUT2D eigenvalue weighted by Gasteiger charge is -2.12. The normalized spacial score (nSPS) is 11.0. The number of aryl methyl sites for hydroxylation is 1. The van der Waals surface area contributed by atoms with E-state index in [-0.39, 0.29) is 17.8 Å². The molecule has 8 heteroatoms. The second-order valence-electron chi connectivity index (χ2n) is 9.44. The number of nitriles is 1. The molecular formula is C31H27N5O3. The number of para-hydroxylation sites is 1. The van der Waals surface area contributed by atoms with Crippen molar-refractivity contribution in [3.8, 4) is 17.2 Å². The van der Waals surface area contributed by atoms with Gasteiger partial charge in [-0.3, -0.25) is 14.9 Å². The van der Waals surface area contributed by atoms with Crippen molar-refractivity contribution < 1.29 is 4.92 Å². The van der Waals surface area contributed by atoms with Crippen molar-refractivity contribution in [3.63, 3.8) is 0 Å². The van der Waals surface area contributed by atoms with Crippen LogP contribution in [-0.4, -0.2) is 19.0 Å². The van der Waals surface area contributed by atoms with E-state index in [0.717, 1.165) is 41.8 Å². The van der Waals surface area contributed by atoms with Crippen molar-refractivity contribution in [2.75, 3.05) is 0 Å². The lowest BCUT2D eigenvalue weighted by atomic mass is 9.99. The molecule has 3 aromatic carbocycles. The molecule has 0 radical (unpaired) electrons. The van der Waals surface area contributed by atoms with Crippen molar-refractivity contribution in [2.24, 2.45) is 0 Å². The molecule has 0 unspecified atom stereocenters. The van der Waals surface area contributed by atoms with Crippen molar-refractivity contribution in [2.45, 2.75) is 39.3 Å². The molecule has 0 spiro atoms. The molecule has 0 amide bonds. The topological polar surface area (TPSA) is 107 Å². The SMILES string of the molecule is CCCCc1nc2ccn(Cc3ccccc3[N+](=O)[O-])c(=O)c2n1Cc1ccc(-c2ccccc2C#N)cc1. The van der Waals surface area contributed by atoms with Crippen LogP contribution >= 0.6 is 0 Å². The quantitative estimate of drug-likeness (QED) is 0.174. The summed E-state index contributed by atoms with van der Waals surface area (Å²) in [7, 11) is 0. The summed E-state index contributed by atoms with van der Waals surface area (Å²) in [5.41, 5.74) is 4.76. The number of hydrogen-bond donors (Lipinski definition) is 0. The van der Waals surface area contributed by atoms with Gasteiger partial charge in [0.25, 0.3) is 11.2 Å². The Morgan fingerprint density at radius 1 is 0.974 bits per heavy atom.